The van der Waals surface area contributed by atoms with Crippen molar-refractivity contribution in [2.24, 2.45) is 5.92 Å². The second kappa shape index (κ2) is 6.91. The number of carbonyl (C=O) groups excluding carboxylic acids is 1. The van der Waals surface area contributed by atoms with E-state index in [4.69, 9.17) is 10.8 Å². The van der Waals surface area contributed by atoms with Gasteiger partial charge in [0.2, 0.25) is 5.91 Å². The number of amides is 1. The molecule has 1 aliphatic heterocycles. The molecular formula is C16H25N3O2. The van der Waals surface area contributed by atoms with Crippen LogP contribution in [0.5, 0.6) is 0 Å². The molecule has 1 aromatic rings. The number of hydrogen-bond donors (Lipinski definition) is 3. The number of anilines is 2. The number of aliphatic hydroxyl groups excluding tert-OH is 1. The van der Waals surface area contributed by atoms with Crippen LogP contribution >= 0.6 is 0 Å². The van der Waals surface area contributed by atoms with Gasteiger partial charge in [-0.1, -0.05) is 6.07 Å². The lowest BCUT2D eigenvalue weighted by Gasteiger charge is -2.24. The summed E-state index contributed by atoms with van der Waals surface area (Å²) in [6.45, 7) is 5.85. The first-order valence-electron chi connectivity index (χ1n) is 7.53. The van der Waals surface area contributed by atoms with Crippen molar-refractivity contribution in [3.05, 3.63) is 23.8 Å². The molecule has 4 N–H and O–H groups in total. The highest BCUT2D eigenvalue weighted by Gasteiger charge is 2.29. The number of benzene rings is 1. The number of carbonyl (C=O) groups is 1. The molecule has 1 heterocycles. The van der Waals surface area contributed by atoms with Crippen molar-refractivity contribution in [3.63, 3.8) is 0 Å². The van der Waals surface area contributed by atoms with E-state index in [0.29, 0.717) is 11.6 Å². The number of likely N-dealkylation sites (tertiary alicyclic amines) is 1. The average Bonchev–Trinajstić information content (AvgIpc) is 2.92. The monoisotopic (exact) mass is 291 g/mol. The topological polar surface area (TPSA) is 78.6 Å². The fourth-order valence-corrected chi connectivity index (χ4v) is 2.82. The van der Waals surface area contributed by atoms with Crippen LogP contribution in [0.25, 0.3) is 0 Å². The van der Waals surface area contributed by atoms with Crippen LogP contribution in [0.2, 0.25) is 0 Å². The molecule has 0 bridgehead atoms. The van der Waals surface area contributed by atoms with E-state index in [1.54, 1.807) is 0 Å². The quantitative estimate of drug-likeness (QED) is 0.720. The van der Waals surface area contributed by atoms with Crippen LogP contribution in [-0.4, -0.2) is 41.7 Å². The van der Waals surface area contributed by atoms with Gasteiger partial charge in [-0.25, -0.2) is 0 Å². The maximum Gasteiger partial charge on any atom is 0.241 e. The molecule has 2 rings (SSSR count). The highest BCUT2D eigenvalue weighted by molar-refractivity contribution is 5.95. The molecule has 5 heteroatoms. The Bertz CT molecular complexity index is 504. The first-order valence-corrected chi connectivity index (χ1v) is 7.53. The van der Waals surface area contributed by atoms with Crippen molar-refractivity contribution >= 4 is 17.3 Å². The number of aliphatic hydroxyl groups is 1. The Labute approximate surface area is 126 Å². The lowest BCUT2D eigenvalue weighted by atomic mass is 10.1. The number of nitrogens with zero attached hydrogens (tertiary/aromatic N) is 1. The SMILES string of the molecule is Cc1c(N)cccc1NC(=O)C(C)N1CCC(CCO)C1. The zero-order valence-electron chi connectivity index (χ0n) is 12.8. The highest BCUT2D eigenvalue weighted by atomic mass is 16.3. The molecule has 0 spiro atoms. The molecule has 0 aliphatic carbocycles. The Hall–Kier alpha value is -1.59. The van der Waals surface area contributed by atoms with Crippen LogP contribution in [-0.2, 0) is 4.79 Å². The van der Waals surface area contributed by atoms with Crippen molar-refractivity contribution in [2.45, 2.75) is 32.7 Å². The smallest absolute Gasteiger partial charge is 0.241 e. The Balaban J connectivity index is 1.95. The Morgan fingerprint density at radius 3 is 3.05 bits per heavy atom. The molecule has 0 radical (unpaired) electrons. The minimum Gasteiger partial charge on any atom is -0.398 e. The van der Waals surface area contributed by atoms with E-state index in [0.717, 1.165) is 37.2 Å². The van der Waals surface area contributed by atoms with E-state index < -0.39 is 0 Å². The molecule has 116 valence electrons. The molecule has 0 aromatic heterocycles. The van der Waals surface area contributed by atoms with Crippen LogP contribution < -0.4 is 11.1 Å². The van der Waals surface area contributed by atoms with E-state index in [1.807, 2.05) is 32.0 Å². The molecule has 1 amide bonds. The molecule has 1 aromatic carbocycles. The largest absolute Gasteiger partial charge is 0.398 e. The fourth-order valence-electron chi connectivity index (χ4n) is 2.82. The molecule has 21 heavy (non-hydrogen) atoms. The van der Waals surface area contributed by atoms with Crippen LogP contribution in [0.3, 0.4) is 0 Å². The van der Waals surface area contributed by atoms with Crippen molar-refractivity contribution in [1.29, 1.82) is 0 Å². The number of rotatable bonds is 5. The summed E-state index contributed by atoms with van der Waals surface area (Å²) in [5.74, 6) is 0.493. The normalized spacial score (nSPS) is 20.4. The summed E-state index contributed by atoms with van der Waals surface area (Å²) in [7, 11) is 0. The zero-order valence-corrected chi connectivity index (χ0v) is 12.8. The summed E-state index contributed by atoms with van der Waals surface area (Å²) in [6, 6.07) is 5.37. The lowest BCUT2D eigenvalue weighted by Crippen LogP contribution is -2.40. The van der Waals surface area contributed by atoms with Crippen LogP contribution in [0.4, 0.5) is 11.4 Å². The van der Waals surface area contributed by atoms with Gasteiger partial charge in [0.1, 0.15) is 0 Å². The van der Waals surface area contributed by atoms with Gasteiger partial charge < -0.3 is 16.2 Å². The molecule has 5 nitrogen and oxygen atoms in total. The summed E-state index contributed by atoms with van der Waals surface area (Å²) in [4.78, 5) is 14.6. The van der Waals surface area contributed by atoms with Gasteiger partial charge >= 0.3 is 0 Å². The summed E-state index contributed by atoms with van der Waals surface area (Å²) in [5.41, 5.74) is 8.22. The predicted octanol–water partition coefficient (Wildman–Crippen LogP) is 1.61. The van der Waals surface area contributed by atoms with Gasteiger partial charge in [0, 0.05) is 24.5 Å². The lowest BCUT2D eigenvalue weighted by molar-refractivity contribution is -0.120. The van der Waals surface area contributed by atoms with Crippen molar-refractivity contribution in [2.75, 3.05) is 30.7 Å². The standard InChI is InChI=1S/C16H25N3O2/c1-11-14(17)4-3-5-15(11)18-16(21)12(2)19-8-6-13(10-19)7-9-20/h3-5,12-13,20H,6-10,17H2,1-2H3,(H,18,21). The number of nitrogen functional groups attached to an aromatic ring is 1. The van der Waals surface area contributed by atoms with Crippen molar-refractivity contribution in [3.8, 4) is 0 Å². The van der Waals surface area contributed by atoms with E-state index in [-0.39, 0.29) is 18.6 Å². The summed E-state index contributed by atoms with van der Waals surface area (Å²) in [6.07, 6.45) is 1.87. The van der Waals surface area contributed by atoms with E-state index in [1.165, 1.54) is 0 Å². The second-order valence-electron chi connectivity index (χ2n) is 5.85. The van der Waals surface area contributed by atoms with E-state index >= 15 is 0 Å². The minimum atomic E-state index is -0.172. The molecule has 2 unspecified atom stereocenters. The van der Waals surface area contributed by atoms with E-state index in [2.05, 4.69) is 10.2 Å². The third kappa shape index (κ3) is 3.74. The van der Waals surface area contributed by atoms with Gasteiger partial charge in [-0.3, -0.25) is 9.69 Å². The second-order valence-corrected chi connectivity index (χ2v) is 5.85. The average molecular weight is 291 g/mol. The maximum atomic E-state index is 12.4. The molecule has 2 atom stereocenters. The maximum absolute atomic E-state index is 12.4. The highest BCUT2D eigenvalue weighted by Crippen LogP contribution is 2.23. The summed E-state index contributed by atoms with van der Waals surface area (Å²) >= 11 is 0. The summed E-state index contributed by atoms with van der Waals surface area (Å²) < 4.78 is 0. The number of hydrogen-bond acceptors (Lipinski definition) is 4. The first-order chi connectivity index (χ1) is 10.0. The van der Waals surface area contributed by atoms with Crippen molar-refractivity contribution in [1.82, 2.24) is 4.90 Å². The molecule has 1 aliphatic rings. The third-order valence-corrected chi connectivity index (χ3v) is 4.42. The van der Waals surface area contributed by atoms with Crippen LogP contribution in [0.1, 0.15) is 25.3 Å². The first kappa shape index (κ1) is 15.8. The molecule has 1 fully saturated rings. The molecule has 1 saturated heterocycles. The van der Waals surface area contributed by atoms with Crippen molar-refractivity contribution < 1.29 is 9.90 Å². The minimum absolute atomic E-state index is 0.00616. The van der Waals surface area contributed by atoms with E-state index in [9.17, 15) is 4.79 Å². The van der Waals surface area contributed by atoms with Crippen LogP contribution in [0.15, 0.2) is 18.2 Å². The van der Waals surface area contributed by atoms with Gasteiger partial charge in [0.05, 0.1) is 6.04 Å². The summed E-state index contributed by atoms with van der Waals surface area (Å²) in [5, 5.41) is 12.0. The Morgan fingerprint density at radius 1 is 1.57 bits per heavy atom. The third-order valence-electron chi connectivity index (χ3n) is 4.42. The van der Waals surface area contributed by atoms with Crippen LogP contribution in [0, 0.1) is 12.8 Å². The fraction of sp³-hybridized carbons (Fsp3) is 0.562. The van der Waals surface area contributed by atoms with Gasteiger partial charge in [-0.2, -0.15) is 0 Å². The number of nitrogens with two attached hydrogens (primary N) is 1. The van der Waals surface area contributed by atoms with Gasteiger partial charge in [-0.15, -0.1) is 0 Å². The van der Waals surface area contributed by atoms with Gasteiger partial charge in [-0.05, 0) is 56.8 Å². The Kier molecular flexibility index (Phi) is 5.20. The molecule has 0 saturated carbocycles. The molecular weight excluding hydrogens is 266 g/mol. The number of nitrogens with one attached hydrogen (secondary N) is 1. The van der Waals surface area contributed by atoms with Gasteiger partial charge in [0.25, 0.3) is 0 Å². The predicted molar refractivity (Wildman–Crippen MR) is 85.1 cm³/mol. The zero-order chi connectivity index (χ0) is 15.4. The Morgan fingerprint density at radius 2 is 2.33 bits per heavy atom. The van der Waals surface area contributed by atoms with Gasteiger partial charge in [0.15, 0.2) is 0 Å².